The molecule has 0 bridgehead atoms. The van der Waals surface area contributed by atoms with Crippen LogP contribution < -0.4 is 10.5 Å². The fraction of sp³-hybridized carbons (Fsp3) is 0.533. The first-order valence-corrected chi connectivity index (χ1v) is 7.23. The quantitative estimate of drug-likeness (QED) is 0.929. The summed E-state index contributed by atoms with van der Waals surface area (Å²) in [5, 5.41) is 0. The highest BCUT2D eigenvalue weighted by Crippen LogP contribution is 2.27. The molecule has 3 rings (SSSR count). The second-order valence-corrected chi connectivity index (χ2v) is 5.55. The summed E-state index contributed by atoms with van der Waals surface area (Å²) in [4.78, 5) is 6.95. The van der Waals surface area contributed by atoms with E-state index in [-0.39, 0.29) is 0 Å². The molecule has 1 aromatic heterocycles. The molecule has 2 heterocycles. The largest absolute Gasteiger partial charge is 0.497 e. The minimum absolute atomic E-state index is 0.310. The van der Waals surface area contributed by atoms with Gasteiger partial charge in [-0.3, -0.25) is 0 Å². The molecule has 20 heavy (non-hydrogen) atoms. The van der Waals surface area contributed by atoms with Gasteiger partial charge < -0.3 is 19.9 Å². The summed E-state index contributed by atoms with van der Waals surface area (Å²) >= 11 is 0. The molecule has 0 aliphatic carbocycles. The van der Waals surface area contributed by atoms with Crippen molar-refractivity contribution in [2.24, 2.45) is 0 Å². The van der Waals surface area contributed by atoms with Crippen molar-refractivity contribution in [1.82, 2.24) is 14.5 Å². The zero-order chi connectivity index (χ0) is 14.1. The number of rotatable bonds is 4. The molecule has 1 fully saturated rings. The number of ether oxygens (including phenoxy) is 1. The number of anilines is 1. The molecule has 1 atom stereocenters. The van der Waals surface area contributed by atoms with E-state index in [1.165, 1.54) is 25.9 Å². The number of hydrogen-bond acceptors (Lipinski definition) is 4. The van der Waals surface area contributed by atoms with Crippen LogP contribution in [-0.4, -0.2) is 41.2 Å². The lowest BCUT2D eigenvalue weighted by Crippen LogP contribution is -2.27. The number of hydrogen-bond donors (Lipinski definition) is 1. The van der Waals surface area contributed by atoms with Crippen molar-refractivity contribution >= 4 is 17.0 Å². The van der Waals surface area contributed by atoms with Gasteiger partial charge in [-0.15, -0.1) is 0 Å². The van der Waals surface area contributed by atoms with Gasteiger partial charge in [0.25, 0.3) is 0 Å². The van der Waals surface area contributed by atoms with Gasteiger partial charge in [0.2, 0.25) is 5.95 Å². The molecule has 5 nitrogen and oxygen atoms in total. The first-order chi connectivity index (χ1) is 9.69. The number of nitrogens with zero attached hydrogens (tertiary/aromatic N) is 3. The lowest BCUT2D eigenvalue weighted by atomic mass is 10.2. The van der Waals surface area contributed by atoms with Gasteiger partial charge in [-0.2, -0.15) is 0 Å². The normalized spacial score (nSPS) is 17.7. The number of likely N-dealkylation sites (tertiary alicyclic amines) is 1. The van der Waals surface area contributed by atoms with Crippen LogP contribution in [0.15, 0.2) is 18.2 Å². The molecule has 1 unspecified atom stereocenters. The minimum Gasteiger partial charge on any atom is -0.497 e. The SMILES string of the molecule is COc1ccc2nc(N)n(C(C)CN3CCCC3)c2c1. The topological polar surface area (TPSA) is 56.3 Å². The van der Waals surface area contributed by atoms with E-state index in [2.05, 4.69) is 21.4 Å². The van der Waals surface area contributed by atoms with Crippen LogP contribution >= 0.6 is 0 Å². The molecule has 0 radical (unpaired) electrons. The predicted octanol–water partition coefficient (Wildman–Crippen LogP) is 2.28. The van der Waals surface area contributed by atoms with Crippen molar-refractivity contribution in [2.45, 2.75) is 25.8 Å². The first kappa shape index (κ1) is 13.2. The van der Waals surface area contributed by atoms with Crippen LogP contribution in [0, 0.1) is 0 Å². The van der Waals surface area contributed by atoms with Crippen molar-refractivity contribution in [1.29, 1.82) is 0 Å². The number of imidazole rings is 1. The highest BCUT2D eigenvalue weighted by molar-refractivity contribution is 5.80. The standard InChI is InChI=1S/C15H22N4O/c1-11(10-18-7-3-4-8-18)19-14-9-12(20-2)5-6-13(14)17-15(19)16/h5-6,9,11H,3-4,7-8,10H2,1-2H3,(H2,16,17). The summed E-state index contributed by atoms with van der Waals surface area (Å²) in [6.07, 6.45) is 2.61. The van der Waals surface area contributed by atoms with Crippen LogP contribution in [0.5, 0.6) is 5.75 Å². The van der Waals surface area contributed by atoms with Crippen LogP contribution in [0.2, 0.25) is 0 Å². The fourth-order valence-corrected chi connectivity index (χ4v) is 3.10. The van der Waals surface area contributed by atoms with E-state index in [1.807, 2.05) is 18.2 Å². The van der Waals surface area contributed by atoms with Crippen molar-refractivity contribution in [3.8, 4) is 5.75 Å². The fourth-order valence-electron chi connectivity index (χ4n) is 3.10. The molecular weight excluding hydrogens is 252 g/mol. The number of nitrogens with two attached hydrogens (primary N) is 1. The number of benzene rings is 1. The second-order valence-electron chi connectivity index (χ2n) is 5.55. The van der Waals surface area contributed by atoms with E-state index >= 15 is 0 Å². The van der Waals surface area contributed by atoms with Gasteiger partial charge in [-0.05, 0) is 45.0 Å². The lowest BCUT2D eigenvalue weighted by Gasteiger charge is -2.22. The summed E-state index contributed by atoms with van der Waals surface area (Å²) in [7, 11) is 1.68. The third-order valence-corrected chi connectivity index (χ3v) is 4.09. The van der Waals surface area contributed by atoms with E-state index in [0.29, 0.717) is 12.0 Å². The molecule has 2 N–H and O–H groups in total. The van der Waals surface area contributed by atoms with Gasteiger partial charge in [0.1, 0.15) is 5.75 Å². The second kappa shape index (κ2) is 5.32. The number of fused-ring (bicyclic) bond motifs is 1. The highest BCUT2D eigenvalue weighted by Gasteiger charge is 2.19. The monoisotopic (exact) mass is 274 g/mol. The van der Waals surface area contributed by atoms with Crippen LogP contribution in [0.1, 0.15) is 25.8 Å². The van der Waals surface area contributed by atoms with Crippen LogP contribution in [0.4, 0.5) is 5.95 Å². The summed E-state index contributed by atoms with van der Waals surface area (Å²) in [6, 6.07) is 6.21. The summed E-state index contributed by atoms with van der Waals surface area (Å²) in [6.45, 7) is 5.61. The average Bonchev–Trinajstić information content (AvgIpc) is 3.04. The Bertz CT molecular complexity index is 601. The van der Waals surface area contributed by atoms with E-state index in [4.69, 9.17) is 10.5 Å². The Morgan fingerprint density at radius 1 is 1.35 bits per heavy atom. The molecule has 2 aromatic rings. The van der Waals surface area contributed by atoms with Crippen LogP contribution in [0.3, 0.4) is 0 Å². The Morgan fingerprint density at radius 3 is 2.80 bits per heavy atom. The van der Waals surface area contributed by atoms with E-state index in [0.717, 1.165) is 23.3 Å². The summed E-state index contributed by atoms with van der Waals surface area (Å²) < 4.78 is 7.43. The molecule has 1 aliphatic heterocycles. The van der Waals surface area contributed by atoms with Gasteiger partial charge in [0.15, 0.2) is 0 Å². The van der Waals surface area contributed by atoms with Gasteiger partial charge in [-0.1, -0.05) is 0 Å². The van der Waals surface area contributed by atoms with Gasteiger partial charge >= 0.3 is 0 Å². The summed E-state index contributed by atoms with van der Waals surface area (Å²) in [5.41, 5.74) is 8.09. The number of nitrogen functional groups attached to an aromatic ring is 1. The predicted molar refractivity (Wildman–Crippen MR) is 81.1 cm³/mol. The molecule has 5 heteroatoms. The Labute approximate surface area is 119 Å². The zero-order valence-corrected chi connectivity index (χ0v) is 12.2. The Kier molecular flexibility index (Phi) is 3.53. The molecule has 0 spiro atoms. The minimum atomic E-state index is 0.310. The highest BCUT2D eigenvalue weighted by atomic mass is 16.5. The average molecular weight is 274 g/mol. The number of methoxy groups -OCH3 is 1. The Balaban J connectivity index is 1.93. The molecule has 0 amide bonds. The molecule has 0 saturated carbocycles. The maximum Gasteiger partial charge on any atom is 0.201 e. The molecule has 1 saturated heterocycles. The van der Waals surface area contributed by atoms with Gasteiger partial charge in [0, 0.05) is 18.7 Å². The van der Waals surface area contributed by atoms with Crippen molar-refractivity contribution in [3.63, 3.8) is 0 Å². The Morgan fingerprint density at radius 2 is 2.10 bits per heavy atom. The molecule has 1 aromatic carbocycles. The third kappa shape index (κ3) is 2.33. The lowest BCUT2D eigenvalue weighted by molar-refractivity contribution is 0.291. The van der Waals surface area contributed by atoms with Gasteiger partial charge in [-0.25, -0.2) is 4.98 Å². The van der Waals surface area contributed by atoms with Crippen molar-refractivity contribution in [3.05, 3.63) is 18.2 Å². The maximum absolute atomic E-state index is 6.11. The maximum atomic E-state index is 6.11. The number of aromatic nitrogens is 2. The van der Waals surface area contributed by atoms with E-state index < -0.39 is 0 Å². The van der Waals surface area contributed by atoms with Crippen LogP contribution in [-0.2, 0) is 0 Å². The first-order valence-electron chi connectivity index (χ1n) is 7.23. The van der Waals surface area contributed by atoms with E-state index in [1.54, 1.807) is 7.11 Å². The molecule has 108 valence electrons. The summed E-state index contributed by atoms with van der Waals surface area (Å²) in [5.74, 6) is 1.42. The van der Waals surface area contributed by atoms with Crippen molar-refractivity contribution in [2.75, 3.05) is 32.5 Å². The van der Waals surface area contributed by atoms with E-state index in [9.17, 15) is 0 Å². The molecular formula is C15H22N4O. The Hall–Kier alpha value is -1.75. The zero-order valence-electron chi connectivity index (χ0n) is 12.2. The third-order valence-electron chi connectivity index (χ3n) is 4.09. The van der Waals surface area contributed by atoms with Gasteiger partial charge in [0.05, 0.1) is 18.1 Å². The molecule has 1 aliphatic rings. The van der Waals surface area contributed by atoms with Crippen molar-refractivity contribution < 1.29 is 4.74 Å². The smallest absolute Gasteiger partial charge is 0.201 e. The van der Waals surface area contributed by atoms with Crippen LogP contribution in [0.25, 0.3) is 11.0 Å².